The molecule has 1 N–H and O–H groups in total. The average molecular weight is 495 g/mol. The molecule has 0 aliphatic carbocycles. The minimum atomic E-state index is -0.917. The SMILES string of the molecule is CCCCCC/C=C/CCCCCCCCCCCCCCCCC(CC(=O)O)C(=O)OCCC. The molecule has 0 spiro atoms. The number of ether oxygens (including phenoxy) is 1. The number of carboxylic acid groups (broad SMARTS) is 1. The van der Waals surface area contributed by atoms with Crippen molar-refractivity contribution in [3.63, 3.8) is 0 Å². The number of carbonyl (C=O) groups is 2. The molecule has 0 radical (unpaired) electrons. The molecule has 1 atom stereocenters. The molecule has 0 aromatic rings. The Morgan fingerprint density at radius 3 is 1.49 bits per heavy atom. The Hall–Kier alpha value is -1.32. The molecule has 206 valence electrons. The molecule has 0 saturated heterocycles. The van der Waals surface area contributed by atoms with E-state index in [9.17, 15) is 9.59 Å². The Morgan fingerprint density at radius 1 is 0.629 bits per heavy atom. The smallest absolute Gasteiger partial charge is 0.309 e. The molecular weight excluding hydrogens is 436 g/mol. The van der Waals surface area contributed by atoms with Crippen LogP contribution < -0.4 is 0 Å². The molecule has 0 aromatic carbocycles. The van der Waals surface area contributed by atoms with Crippen LogP contribution in [0.3, 0.4) is 0 Å². The van der Waals surface area contributed by atoms with Crippen LogP contribution in [-0.4, -0.2) is 23.7 Å². The summed E-state index contributed by atoms with van der Waals surface area (Å²) in [5.74, 6) is -1.74. The summed E-state index contributed by atoms with van der Waals surface area (Å²) in [4.78, 5) is 23.0. The van der Waals surface area contributed by atoms with Gasteiger partial charge in [-0.05, 0) is 38.5 Å². The summed E-state index contributed by atoms with van der Waals surface area (Å²) in [5.41, 5.74) is 0. The van der Waals surface area contributed by atoms with E-state index in [0.29, 0.717) is 13.0 Å². The van der Waals surface area contributed by atoms with Gasteiger partial charge < -0.3 is 9.84 Å². The number of rotatable bonds is 27. The van der Waals surface area contributed by atoms with Crippen molar-refractivity contribution in [3.8, 4) is 0 Å². The number of aliphatic carboxylic acids is 1. The molecule has 35 heavy (non-hydrogen) atoms. The van der Waals surface area contributed by atoms with Crippen LogP contribution in [-0.2, 0) is 14.3 Å². The first-order chi connectivity index (χ1) is 17.1. The number of hydrogen-bond donors (Lipinski definition) is 1. The van der Waals surface area contributed by atoms with Gasteiger partial charge >= 0.3 is 11.9 Å². The maximum atomic E-state index is 12.0. The molecule has 1 unspecified atom stereocenters. The molecule has 0 rings (SSSR count). The van der Waals surface area contributed by atoms with E-state index in [0.717, 1.165) is 19.3 Å². The lowest BCUT2D eigenvalue weighted by Gasteiger charge is -2.13. The topological polar surface area (TPSA) is 63.6 Å². The van der Waals surface area contributed by atoms with Crippen LogP contribution in [0.15, 0.2) is 12.2 Å². The summed E-state index contributed by atoms with van der Waals surface area (Å²) < 4.78 is 5.15. The summed E-state index contributed by atoms with van der Waals surface area (Å²) in [7, 11) is 0. The highest BCUT2D eigenvalue weighted by Crippen LogP contribution is 2.18. The zero-order chi connectivity index (χ0) is 25.8. The third-order valence-corrected chi connectivity index (χ3v) is 6.77. The van der Waals surface area contributed by atoms with Gasteiger partial charge in [-0.2, -0.15) is 0 Å². The zero-order valence-corrected chi connectivity index (χ0v) is 23.4. The number of allylic oxidation sites excluding steroid dienone is 2. The second-order valence-corrected chi connectivity index (χ2v) is 10.3. The van der Waals surface area contributed by atoms with E-state index in [1.807, 2.05) is 6.92 Å². The molecule has 0 heterocycles. The number of hydrogen-bond acceptors (Lipinski definition) is 3. The number of esters is 1. The van der Waals surface area contributed by atoms with Gasteiger partial charge in [0.25, 0.3) is 0 Å². The first kappa shape index (κ1) is 33.7. The van der Waals surface area contributed by atoms with Crippen LogP contribution >= 0.6 is 0 Å². The number of unbranched alkanes of at least 4 members (excludes halogenated alkanes) is 18. The van der Waals surface area contributed by atoms with E-state index < -0.39 is 11.9 Å². The van der Waals surface area contributed by atoms with Crippen LogP contribution in [0.25, 0.3) is 0 Å². The largest absolute Gasteiger partial charge is 0.481 e. The monoisotopic (exact) mass is 494 g/mol. The van der Waals surface area contributed by atoms with Crippen LogP contribution in [0.2, 0.25) is 0 Å². The molecule has 0 aromatic heterocycles. The maximum Gasteiger partial charge on any atom is 0.309 e. The van der Waals surface area contributed by atoms with Crippen LogP contribution in [0.5, 0.6) is 0 Å². The van der Waals surface area contributed by atoms with Crippen molar-refractivity contribution in [3.05, 3.63) is 12.2 Å². The Morgan fingerprint density at radius 2 is 1.06 bits per heavy atom. The molecule has 0 amide bonds. The Kier molecular flexibility index (Phi) is 26.2. The van der Waals surface area contributed by atoms with Gasteiger partial charge in [-0.1, -0.05) is 129 Å². The van der Waals surface area contributed by atoms with Crippen molar-refractivity contribution in [1.29, 1.82) is 0 Å². The highest BCUT2D eigenvalue weighted by molar-refractivity contribution is 5.79. The van der Waals surface area contributed by atoms with Gasteiger partial charge in [0.05, 0.1) is 18.9 Å². The van der Waals surface area contributed by atoms with Gasteiger partial charge in [0.1, 0.15) is 0 Å². The predicted octanol–water partition coefficient (Wildman–Crippen LogP) is 9.80. The third-order valence-electron chi connectivity index (χ3n) is 6.77. The van der Waals surface area contributed by atoms with E-state index in [1.165, 1.54) is 116 Å². The fraction of sp³-hybridized carbons (Fsp3) is 0.871. The summed E-state index contributed by atoms with van der Waals surface area (Å²) >= 11 is 0. The lowest BCUT2D eigenvalue weighted by molar-refractivity contribution is -0.153. The number of carbonyl (C=O) groups excluding carboxylic acids is 1. The van der Waals surface area contributed by atoms with Crippen molar-refractivity contribution in [2.45, 2.75) is 162 Å². The highest BCUT2D eigenvalue weighted by atomic mass is 16.5. The minimum absolute atomic E-state index is 0.112. The van der Waals surface area contributed by atoms with Crippen molar-refractivity contribution < 1.29 is 19.4 Å². The normalized spacial score (nSPS) is 12.3. The second-order valence-electron chi connectivity index (χ2n) is 10.3. The Bertz CT molecular complexity index is 500. The molecular formula is C31H58O4. The standard InChI is InChI=1S/C31H58O4/c1-3-5-6-7-8-9-10-11-12-13-14-15-16-17-18-19-20-21-22-23-24-25-26-29(28-30(32)33)31(34)35-27-4-2/h9-10,29H,3-8,11-28H2,1-2H3,(H,32,33)/b10-9+. The van der Waals surface area contributed by atoms with Gasteiger partial charge in [0.15, 0.2) is 0 Å². The van der Waals surface area contributed by atoms with Gasteiger partial charge in [-0.3, -0.25) is 9.59 Å². The fourth-order valence-electron chi connectivity index (χ4n) is 4.53. The Balaban J connectivity index is 3.39. The molecule has 0 aliphatic heterocycles. The third kappa shape index (κ3) is 25.6. The molecule has 0 saturated carbocycles. The van der Waals surface area contributed by atoms with E-state index in [2.05, 4.69) is 19.1 Å². The molecule has 0 fully saturated rings. The molecule has 0 bridgehead atoms. The van der Waals surface area contributed by atoms with Crippen LogP contribution in [0, 0.1) is 5.92 Å². The van der Waals surface area contributed by atoms with Crippen molar-refractivity contribution >= 4 is 11.9 Å². The van der Waals surface area contributed by atoms with Gasteiger partial charge in [-0.25, -0.2) is 0 Å². The highest BCUT2D eigenvalue weighted by Gasteiger charge is 2.22. The number of carboxylic acids is 1. The van der Waals surface area contributed by atoms with E-state index in [-0.39, 0.29) is 12.4 Å². The van der Waals surface area contributed by atoms with Crippen molar-refractivity contribution in [1.82, 2.24) is 0 Å². The molecule has 0 aliphatic rings. The summed E-state index contributed by atoms with van der Waals surface area (Å²) in [6, 6.07) is 0. The van der Waals surface area contributed by atoms with E-state index >= 15 is 0 Å². The molecule has 4 nitrogen and oxygen atoms in total. The average Bonchev–Trinajstić information content (AvgIpc) is 2.84. The summed E-state index contributed by atoms with van der Waals surface area (Å²) in [6.45, 7) is 4.59. The predicted molar refractivity (Wildman–Crippen MR) is 149 cm³/mol. The van der Waals surface area contributed by atoms with Crippen LogP contribution in [0.1, 0.15) is 162 Å². The van der Waals surface area contributed by atoms with Crippen LogP contribution in [0.4, 0.5) is 0 Å². The second kappa shape index (κ2) is 27.3. The molecule has 4 heteroatoms. The minimum Gasteiger partial charge on any atom is -0.481 e. The van der Waals surface area contributed by atoms with Gasteiger partial charge in [0, 0.05) is 0 Å². The van der Waals surface area contributed by atoms with E-state index in [1.54, 1.807) is 0 Å². The fourth-order valence-corrected chi connectivity index (χ4v) is 4.53. The Labute approximate surface area is 217 Å². The first-order valence-electron chi connectivity index (χ1n) is 15.1. The zero-order valence-electron chi connectivity index (χ0n) is 23.4. The van der Waals surface area contributed by atoms with Crippen molar-refractivity contribution in [2.24, 2.45) is 5.92 Å². The summed E-state index contributed by atoms with van der Waals surface area (Å²) in [6.07, 6.45) is 32.1. The van der Waals surface area contributed by atoms with Crippen molar-refractivity contribution in [2.75, 3.05) is 6.61 Å². The van der Waals surface area contributed by atoms with Gasteiger partial charge in [-0.15, -0.1) is 0 Å². The lowest BCUT2D eigenvalue weighted by atomic mass is 9.97. The van der Waals surface area contributed by atoms with Gasteiger partial charge in [0.2, 0.25) is 0 Å². The quantitative estimate of drug-likeness (QED) is 0.0701. The summed E-state index contributed by atoms with van der Waals surface area (Å²) in [5, 5.41) is 9.03. The maximum absolute atomic E-state index is 12.0. The lowest BCUT2D eigenvalue weighted by Crippen LogP contribution is -2.21. The van der Waals surface area contributed by atoms with E-state index in [4.69, 9.17) is 9.84 Å². The first-order valence-corrected chi connectivity index (χ1v) is 15.1.